The second-order valence-electron chi connectivity index (χ2n) is 4.67. The van der Waals surface area contributed by atoms with E-state index in [1.54, 1.807) is 13.0 Å². The molecule has 1 unspecified atom stereocenters. The summed E-state index contributed by atoms with van der Waals surface area (Å²) in [5.74, 6) is 1.27. The molecule has 0 heterocycles. The van der Waals surface area contributed by atoms with Gasteiger partial charge in [0.1, 0.15) is 5.75 Å². The second kappa shape index (κ2) is 6.06. The molecule has 1 aromatic carbocycles. The van der Waals surface area contributed by atoms with Crippen molar-refractivity contribution in [3.8, 4) is 5.75 Å². The zero-order valence-electron chi connectivity index (χ0n) is 10.8. The molecular weight excluding hydrogens is 236 g/mol. The Hall–Kier alpha value is -1.02. The minimum Gasteiger partial charge on any atom is -0.493 e. The fourth-order valence-electron chi connectivity index (χ4n) is 1.45. The van der Waals surface area contributed by atoms with Crippen molar-refractivity contribution in [2.24, 2.45) is 5.92 Å². The van der Waals surface area contributed by atoms with Crippen molar-refractivity contribution in [2.75, 3.05) is 6.61 Å². The third kappa shape index (κ3) is 4.04. The Morgan fingerprint density at radius 3 is 2.47 bits per heavy atom. The molecule has 0 amide bonds. The van der Waals surface area contributed by atoms with Gasteiger partial charge in [0, 0.05) is 5.56 Å². The third-order valence-electron chi connectivity index (χ3n) is 2.39. The number of ether oxygens (including phenoxy) is 1. The number of halogens is 1. The first-order chi connectivity index (χ1) is 7.91. The van der Waals surface area contributed by atoms with Gasteiger partial charge >= 0.3 is 0 Å². The molecule has 0 aliphatic rings. The van der Waals surface area contributed by atoms with Crippen LogP contribution in [0.2, 0.25) is 0 Å². The molecule has 94 valence electrons. The minimum absolute atomic E-state index is 0.0508. The maximum Gasteiger partial charge on any atom is 0.180 e. The van der Waals surface area contributed by atoms with Gasteiger partial charge in [-0.05, 0) is 43.5 Å². The average Bonchev–Trinajstić information content (AvgIpc) is 2.26. The van der Waals surface area contributed by atoms with E-state index in [1.807, 2.05) is 19.1 Å². The van der Waals surface area contributed by atoms with Crippen LogP contribution in [0.5, 0.6) is 5.75 Å². The number of ketones is 1. The molecule has 0 aliphatic heterocycles. The molecule has 1 rings (SSSR count). The molecule has 0 aromatic heterocycles. The quantitative estimate of drug-likeness (QED) is 0.590. The fraction of sp³-hybridized carbons (Fsp3) is 0.500. The van der Waals surface area contributed by atoms with Crippen LogP contribution in [0.1, 0.15) is 36.7 Å². The average molecular weight is 255 g/mol. The van der Waals surface area contributed by atoms with E-state index in [2.05, 4.69) is 13.8 Å². The summed E-state index contributed by atoms with van der Waals surface area (Å²) in [6.07, 6.45) is 0. The second-order valence-corrected chi connectivity index (χ2v) is 5.32. The highest BCUT2D eigenvalue weighted by Crippen LogP contribution is 2.21. The molecular formula is C14H19ClO2. The lowest BCUT2D eigenvalue weighted by Crippen LogP contribution is -2.11. The van der Waals surface area contributed by atoms with Crippen LogP contribution in [0.15, 0.2) is 18.2 Å². The van der Waals surface area contributed by atoms with Gasteiger partial charge in [0.15, 0.2) is 5.78 Å². The zero-order valence-corrected chi connectivity index (χ0v) is 11.5. The number of alkyl halides is 1. The lowest BCUT2D eigenvalue weighted by molar-refractivity contribution is 0.0991. The fourth-order valence-corrected chi connectivity index (χ4v) is 1.58. The number of Topliss-reactive ketones (excluding diaryl/α,β-unsaturated/α-hetero) is 1. The largest absolute Gasteiger partial charge is 0.493 e. The van der Waals surface area contributed by atoms with Crippen LogP contribution in [0, 0.1) is 12.8 Å². The number of hydrogen-bond acceptors (Lipinski definition) is 2. The van der Waals surface area contributed by atoms with E-state index in [0.717, 1.165) is 11.3 Å². The van der Waals surface area contributed by atoms with E-state index in [4.69, 9.17) is 16.3 Å². The zero-order chi connectivity index (χ0) is 13.0. The highest BCUT2D eigenvalue weighted by Gasteiger charge is 2.13. The van der Waals surface area contributed by atoms with Crippen LogP contribution in [-0.4, -0.2) is 17.8 Å². The molecule has 0 aliphatic carbocycles. The Labute approximate surface area is 108 Å². The molecule has 0 bridgehead atoms. The topological polar surface area (TPSA) is 26.3 Å². The molecule has 17 heavy (non-hydrogen) atoms. The monoisotopic (exact) mass is 254 g/mol. The highest BCUT2D eigenvalue weighted by molar-refractivity contribution is 6.33. The van der Waals surface area contributed by atoms with Gasteiger partial charge in [-0.25, -0.2) is 0 Å². The van der Waals surface area contributed by atoms with Crippen molar-refractivity contribution in [2.45, 2.75) is 33.1 Å². The smallest absolute Gasteiger partial charge is 0.180 e. The van der Waals surface area contributed by atoms with Crippen molar-refractivity contribution in [3.63, 3.8) is 0 Å². The van der Waals surface area contributed by atoms with Gasteiger partial charge in [-0.15, -0.1) is 11.6 Å². The summed E-state index contributed by atoms with van der Waals surface area (Å²) >= 11 is 5.78. The predicted octanol–water partition coefficient (Wildman–Crippen LogP) is 3.84. The number of aryl methyl sites for hydroxylation is 1. The van der Waals surface area contributed by atoms with Crippen LogP contribution in [0.4, 0.5) is 0 Å². The summed E-state index contributed by atoms with van der Waals surface area (Å²) in [7, 11) is 0. The molecule has 0 radical (unpaired) electrons. The SMILES string of the molecule is Cc1cc(C(=O)C(C)Cl)ccc1OCC(C)C. The van der Waals surface area contributed by atoms with Crippen LogP contribution >= 0.6 is 11.6 Å². The molecule has 3 heteroatoms. The van der Waals surface area contributed by atoms with Gasteiger partial charge in [-0.3, -0.25) is 4.79 Å². The normalized spacial score (nSPS) is 12.6. The van der Waals surface area contributed by atoms with Crippen molar-refractivity contribution in [1.29, 1.82) is 0 Å². The molecule has 0 saturated carbocycles. The van der Waals surface area contributed by atoms with E-state index in [0.29, 0.717) is 18.1 Å². The Kier molecular flexibility index (Phi) is 5.01. The van der Waals surface area contributed by atoms with Crippen LogP contribution in [0.3, 0.4) is 0 Å². The van der Waals surface area contributed by atoms with Crippen molar-refractivity contribution >= 4 is 17.4 Å². The Balaban J connectivity index is 2.83. The van der Waals surface area contributed by atoms with Gasteiger partial charge in [-0.2, -0.15) is 0 Å². The Bertz CT molecular complexity index is 397. The first-order valence-corrected chi connectivity index (χ1v) is 6.27. The van der Waals surface area contributed by atoms with Gasteiger partial charge in [0.2, 0.25) is 0 Å². The van der Waals surface area contributed by atoms with Crippen LogP contribution < -0.4 is 4.74 Å². The van der Waals surface area contributed by atoms with Crippen molar-refractivity contribution in [1.82, 2.24) is 0 Å². The van der Waals surface area contributed by atoms with E-state index in [9.17, 15) is 4.79 Å². The molecule has 0 N–H and O–H groups in total. The summed E-state index contributed by atoms with van der Waals surface area (Å²) in [6.45, 7) is 8.50. The minimum atomic E-state index is -0.489. The molecule has 1 atom stereocenters. The first kappa shape index (κ1) is 14.0. The lowest BCUT2D eigenvalue weighted by Gasteiger charge is -2.12. The van der Waals surface area contributed by atoms with Gasteiger partial charge < -0.3 is 4.74 Å². The standard InChI is InChI=1S/C14H19ClO2/c1-9(2)8-17-13-6-5-12(7-10(13)3)14(16)11(4)15/h5-7,9,11H,8H2,1-4H3. The molecule has 0 spiro atoms. The molecule has 1 aromatic rings. The Morgan fingerprint density at radius 1 is 1.35 bits per heavy atom. The van der Waals surface area contributed by atoms with E-state index < -0.39 is 5.38 Å². The van der Waals surface area contributed by atoms with Gasteiger partial charge in [-0.1, -0.05) is 13.8 Å². The molecule has 0 fully saturated rings. The summed E-state index contributed by atoms with van der Waals surface area (Å²) in [5.41, 5.74) is 1.61. The van der Waals surface area contributed by atoms with Crippen LogP contribution in [0.25, 0.3) is 0 Å². The number of rotatable bonds is 5. The summed E-state index contributed by atoms with van der Waals surface area (Å²) < 4.78 is 5.65. The van der Waals surface area contributed by atoms with Gasteiger partial charge in [0.05, 0.1) is 12.0 Å². The molecule has 0 saturated heterocycles. The van der Waals surface area contributed by atoms with Gasteiger partial charge in [0.25, 0.3) is 0 Å². The predicted molar refractivity (Wildman–Crippen MR) is 71.2 cm³/mol. The maximum absolute atomic E-state index is 11.7. The summed E-state index contributed by atoms with van der Waals surface area (Å²) in [4.78, 5) is 11.7. The summed E-state index contributed by atoms with van der Waals surface area (Å²) in [5, 5.41) is -0.489. The number of carbonyl (C=O) groups is 1. The lowest BCUT2D eigenvalue weighted by atomic mass is 10.1. The van der Waals surface area contributed by atoms with Crippen molar-refractivity contribution < 1.29 is 9.53 Å². The first-order valence-electron chi connectivity index (χ1n) is 5.83. The van der Waals surface area contributed by atoms with E-state index in [-0.39, 0.29) is 5.78 Å². The van der Waals surface area contributed by atoms with E-state index >= 15 is 0 Å². The highest BCUT2D eigenvalue weighted by atomic mass is 35.5. The van der Waals surface area contributed by atoms with Crippen LogP contribution in [-0.2, 0) is 0 Å². The maximum atomic E-state index is 11.7. The number of carbonyl (C=O) groups excluding carboxylic acids is 1. The van der Waals surface area contributed by atoms with Crippen molar-refractivity contribution in [3.05, 3.63) is 29.3 Å². The molecule has 2 nitrogen and oxygen atoms in total. The number of hydrogen-bond donors (Lipinski definition) is 0. The Morgan fingerprint density at radius 2 is 2.00 bits per heavy atom. The summed E-state index contributed by atoms with van der Waals surface area (Å²) in [6, 6.07) is 5.44. The number of benzene rings is 1. The third-order valence-corrected chi connectivity index (χ3v) is 2.59. The van der Waals surface area contributed by atoms with E-state index in [1.165, 1.54) is 0 Å².